The summed E-state index contributed by atoms with van der Waals surface area (Å²) < 4.78 is 5.61. The van der Waals surface area contributed by atoms with Gasteiger partial charge in [0.1, 0.15) is 0 Å². The van der Waals surface area contributed by atoms with Gasteiger partial charge in [0, 0.05) is 55.0 Å². The Labute approximate surface area is 186 Å². The van der Waals surface area contributed by atoms with Crippen LogP contribution in [0.2, 0.25) is 0 Å². The molecule has 2 heterocycles. The van der Waals surface area contributed by atoms with Gasteiger partial charge < -0.3 is 4.74 Å². The van der Waals surface area contributed by atoms with Crippen molar-refractivity contribution in [1.29, 1.82) is 0 Å². The first-order valence-corrected chi connectivity index (χ1v) is 12.8. The molecule has 1 nitrogen and oxygen atoms in total. The predicted molar refractivity (Wildman–Crippen MR) is 132 cm³/mol. The molecular weight excluding hydrogens is 404 g/mol. The Morgan fingerprint density at radius 2 is 1.37 bits per heavy atom. The fourth-order valence-corrected chi connectivity index (χ4v) is 7.43. The molecule has 6 rings (SSSR count). The third-order valence-electron chi connectivity index (χ3n) is 6.43. The van der Waals surface area contributed by atoms with E-state index in [1.54, 1.807) is 0 Å². The predicted octanol–water partition coefficient (Wildman–Crippen LogP) is 8.71. The molecule has 2 aromatic heterocycles. The summed E-state index contributed by atoms with van der Waals surface area (Å²) >= 11 is 3.95. The first-order chi connectivity index (χ1) is 14.8. The number of hydrogen-bond donors (Lipinski definition) is 0. The number of benzene rings is 2. The summed E-state index contributed by atoms with van der Waals surface area (Å²) in [6.07, 6.45) is 6.01. The molecule has 3 heteroatoms. The Kier molecular flexibility index (Phi) is 4.60. The number of aryl methyl sites for hydroxylation is 2. The zero-order chi connectivity index (χ0) is 20.2. The van der Waals surface area contributed by atoms with E-state index < -0.39 is 0 Å². The minimum atomic E-state index is 0.902. The molecule has 30 heavy (non-hydrogen) atoms. The molecule has 2 aliphatic rings. The second-order valence-electron chi connectivity index (χ2n) is 8.55. The topological polar surface area (TPSA) is 9.23 Å². The highest BCUT2D eigenvalue weighted by Crippen LogP contribution is 2.59. The van der Waals surface area contributed by atoms with Gasteiger partial charge >= 0.3 is 0 Å². The molecule has 2 aliphatic carbocycles. The molecule has 0 saturated heterocycles. The van der Waals surface area contributed by atoms with Gasteiger partial charge in [-0.3, -0.25) is 0 Å². The third kappa shape index (κ3) is 2.76. The lowest BCUT2D eigenvalue weighted by Gasteiger charge is -2.07. The lowest BCUT2D eigenvalue weighted by molar-refractivity contribution is 0.130. The Morgan fingerprint density at radius 3 is 2.10 bits per heavy atom. The first kappa shape index (κ1) is 18.8. The fourth-order valence-electron chi connectivity index (χ4n) is 5.13. The second kappa shape index (κ2) is 7.33. The molecule has 0 fully saturated rings. The van der Waals surface area contributed by atoms with E-state index in [0.717, 1.165) is 19.6 Å². The maximum Gasteiger partial charge on any atom is 0.0466 e. The average Bonchev–Trinajstić information content (AvgIpc) is 3.46. The Balaban J connectivity index is 1.27. The molecule has 152 valence electrons. The summed E-state index contributed by atoms with van der Waals surface area (Å²) in [6, 6.07) is 14.3. The number of thiophene rings is 2. The van der Waals surface area contributed by atoms with Gasteiger partial charge in [0.25, 0.3) is 0 Å². The van der Waals surface area contributed by atoms with Gasteiger partial charge in [-0.25, -0.2) is 0 Å². The minimum absolute atomic E-state index is 0.902. The quantitative estimate of drug-likeness (QED) is 0.219. The van der Waals surface area contributed by atoms with E-state index >= 15 is 0 Å². The second-order valence-corrected chi connectivity index (χ2v) is 10.9. The van der Waals surface area contributed by atoms with Gasteiger partial charge in [-0.15, -0.1) is 22.7 Å². The highest BCUT2D eigenvalue weighted by molar-refractivity contribution is 7.17. The molecule has 0 aliphatic heterocycles. The summed E-state index contributed by atoms with van der Waals surface area (Å²) in [6.45, 7) is 6.21. The van der Waals surface area contributed by atoms with Gasteiger partial charge in [0.15, 0.2) is 0 Å². The number of unbranched alkanes of at least 4 members (excludes halogenated alkanes) is 2. The van der Waals surface area contributed by atoms with E-state index in [1.807, 2.05) is 22.7 Å². The van der Waals surface area contributed by atoms with E-state index in [0.29, 0.717) is 0 Å². The van der Waals surface area contributed by atoms with Crippen molar-refractivity contribution in [3.63, 3.8) is 0 Å². The van der Waals surface area contributed by atoms with Gasteiger partial charge in [0.2, 0.25) is 0 Å². The molecule has 0 N–H and O–H groups in total. The summed E-state index contributed by atoms with van der Waals surface area (Å²) in [4.78, 5) is 5.89. The Morgan fingerprint density at radius 1 is 0.700 bits per heavy atom. The lowest BCUT2D eigenvalue weighted by atomic mass is 9.97. The van der Waals surface area contributed by atoms with Gasteiger partial charge in [0.05, 0.1) is 0 Å². The van der Waals surface area contributed by atoms with Crippen LogP contribution in [0.3, 0.4) is 0 Å². The normalized spacial score (nSPS) is 12.7. The first-order valence-electron chi connectivity index (χ1n) is 11.2. The summed E-state index contributed by atoms with van der Waals surface area (Å²) in [5, 5.41) is 2.98. The van der Waals surface area contributed by atoms with E-state index in [9.17, 15) is 0 Å². The van der Waals surface area contributed by atoms with Crippen molar-refractivity contribution in [2.75, 3.05) is 13.2 Å². The van der Waals surface area contributed by atoms with Crippen LogP contribution in [0.5, 0.6) is 0 Å². The molecule has 0 unspecified atom stereocenters. The number of hydrogen-bond acceptors (Lipinski definition) is 3. The Hall–Kier alpha value is -1.94. The average molecular weight is 431 g/mol. The summed E-state index contributed by atoms with van der Waals surface area (Å²) in [7, 11) is 0. The largest absolute Gasteiger partial charge is 0.381 e. The van der Waals surface area contributed by atoms with E-state index in [-0.39, 0.29) is 0 Å². The van der Waals surface area contributed by atoms with Crippen LogP contribution in [-0.2, 0) is 11.2 Å². The van der Waals surface area contributed by atoms with Crippen LogP contribution in [-0.4, -0.2) is 13.2 Å². The van der Waals surface area contributed by atoms with E-state index in [4.69, 9.17) is 4.74 Å². The smallest absolute Gasteiger partial charge is 0.0466 e. The van der Waals surface area contributed by atoms with Crippen molar-refractivity contribution in [3.05, 3.63) is 46.2 Å². The van der Waals surface area contributed by atoms with Crippen molar-refractivity contribution < 1.29 is 4.74 Å². The van der Waals surface area contributed by atoms with Crippen molar-refractivity contribution in [2.45, 2.75) is 46.0 Å². The van der Waals surface area contributed by atoms with Crippen LogP contribution in [0.4, 0.5) is 0 Å². The maximum absolute atomic E-state index is 5.61. The van der Waals surface area contributed by atoms with Crippen molar-refractivity contribution >= 4 is 33.4 Å². The molecule has 2 aromatic carbocycles. The molecule has 0 atom stereocenters. The molecule has 0 amide bonds. The van der Waals surface area contributed by atoms with Gasteiger partial charge in [-0.05, 0) is 66.6 Å². The fraction of sp³-hybridized carbons (Fsp3) is 0.333. The minimum Gasteiger partial charge on any atom is -0.381 e. The van der Waals surface area contributed by atoms with E-state index in [2.05, 4.69) is 50.2 Å². The van der Waals surface area contributed by atoms with E-state index in [1.165, 1.54) is 89.3 Å². The SMILES string of the molecule is CCCOCCCCCc1cc2c(s1)-c1ccc3c4c(ccc-2c14)-c1cc(C)sc1-3. The summed E-state index contributed by atoms with van der Waals surface area (Å²) in [5.74, 6) is 0. The highest BCUT2D eigenvalue weighted by Gasteiger charge is 2.31. The van der Waals surface area contributed by atoms with Crippen LogP contribution < -0.4 is 0 Å². The van der Waals surface area contributed by atoms with Crippen molar-refractivity contribution in [1.82, 2.24) is 0 Å². The highest BCUT2D eigenvalue weighted by atomic mass is 32.1. The third-order valence-corrected chi connectivity index (χ3v) is 8.74. The molecule has 0 bridgehead atoms. The molecular formula is C27H26OS2. The van der Waals surface area contributed by atoms with Crippen LogP contribution >= 0.6 is 22.7 Å². The summed E-state index contributed by atoms with van der Waals surface area (Å²) in [5.41, 5.74) is 8.69. The number of ether oxygens (including phenoxy) is 1. The van der Waals surface area contributed by atoms with Gasteiger partial charge in [-0.2, -0.15) is 0 Å². The Bertz CT molecular complexity index is 1190. The maximum atomic E-state index is 5.61. The molecule has 0 radical (unpaired) electrons. The van der Waals surface area contributed by atoms with Gasteiger partial charge in [-0.1, -0.05) is 37.6 Å². The van der Waals surface area contributed by atoms with Crippen LogP contribution in [0.25, 0.3) is 53.9 Å². The molecule has 0 spiro atoms. The number of fused-ring (bicyclic) bond motifs is 6. The zero-order valence-corrected chi connectivity index (χ0v) is 19.3. The number of rotatable bonds is 8. The molecule has 0 saturated carbocycles. The standard InChI is InChI=1S/C27H26OS2/c1-3-12-28-13-6-4-5-7-17-15-23-19-9-8-18-22-14-16(2)29-26(22)20-10-11-21(27(23)30-17)25(19)24(18)20/h8-11,14-15H,3-7,12-13H2,1-2H3. The van der Waals surface area contributed by atoms with Crippen LogP contribution in [0, 0.1) is 6.92 Å². The molecule has 4 aromatic rings. The lowest BCUT2D eigenvalue weighted by Crippen LogP contribution is -1.95. The monoisotopic (exact) mass is 430 g/mol. The van der Waals surface area contributed by atoms with Crippen molar-refractivity contribution in [3.8, 4) is 43.1 Å². The zero-order valence-electron chi connectivity index (χ0n) is 17.6. The van der Waals surface area contributed by atoms with Crippen LogP contribution in [0.1, 0.15) is 42.4 Å². The van der Waals surface area contributed by atoms with Crippen LogP contribution in [0.15, 0.2) is 36.4 Å². The van der Waals surface area contributed by atoms with Crippen molar-refractivity contribution in [2.24, 2.45) is 0 Å².